The molecule has 0 fully saturated rings. The number of ether oxygens (including phenoxy) is 1. The van der Waals surface area contributed by atoms with Crippen LogP contribution in [0.3, 0.4) is 0 Å². The third kappa shape index (κ3) is 1.78. The zero-order valence-electron chi connectivity index (χ0n) is 10.0. The minimum Gasteiger partial charge on any atom is -0.427 e. The Morgan fingerprint density at radius 3 is 3.06 bits per heavy atom. The molecular weight excluding hydrogens is 212 g/mol. The van der Waals surface area contributed by atoms with Crippen molar-refractivity contribution in [2.75, 3.05) is 0 Å². The normalized spacial score (nSPS) is 21.5. The van der Waals surface area contributed by atoms with Crippen LogP contribution in [0.4, 0.5) is 0 Å². The summed E-state index contributed by atoms with van der Waals surface area (Å²) in [5, 5.41) is 0. The van der Waals surface area contributed by atoms with Crippen LogP contribution in [-0.4, -0.2) is 5.97 Å². The Morgan fingerprint density at radius 2 is 2.24 bits per heavy atom. The number of carbonyl (C=O) groups is 1. The summed E-state index contributed by atoms with van der Waals surface area (Å²) in [5.74, 6) is 1.05. The summed E-state index contributed by atoms with van der Waals surface area (Å²) in [4.78, 5) is 10.9. The molecule has 2 heteroatoms. The van der Waals surface area contributed by atoms with Gasteiger partial charge in [0.15, 0.2) is 0 Å². The van der Waals surface area contributed by atoms with Crippen LogP contribution in [0.5, 0.6) is 5.75 Å². The fourth-order valence-electron chi connectivity index (χ4n) is 2.91. The molecule has 17 heavy (non-hydrogen) atoms. The van der Waals surface area contributed by atoms with Gasteiger partial charge in [-0.2, -0.15) is 0 Å². The average Bonchev–Trinajstić information content (AvgIpc) is 2.48. The molecule has 2 nitrogen and oxygen atoms in total. The number of benzene rings is 1. The fraction of sp³-hybridized carbons (Fsp3) is 0.400. The smallest absolute Gasteiger partial charge is 0.308 e. The van der Waals surface area contributed by atoms with Gasteiger partial charge in [-0.3, -0.25) is 4.79 Å². The molecule has 0 bridgehead atoms. The highest BCUT2D eigenvalue weighted by Crippen LogP contribution is 2.51. The van der Waals surface area contributed by atoms with Crippen LogP contribution in [0.2, 0.25) is 0 Å². The molecule has 0 amide bonds. The molecular formula is C15H16O2. The second-order valence-electron chi connectivity index (χ2n) is 4.84. The summed E-state index contributed by atoms with van der Waals surface area (Å²) < 4.78 is 5.13. The molecule has 0 saturated carbocycles. The molecule has 0 spiro atoms. The summed E-state index contributed by atoms with van der Waals surface area (Å²) in [6, 6.07) is 6.02. The Balaban J connectivity index is 1.94. The van der Waals surface area contributed by atoms with Gasteiger partial charge in [-0.15, -0.1) is 0 Å². The highest BCUT2D eigenvalue weighted by Gasteiger charge is 2.32. The number of hydrogen-bond donors (Lipinski definition) is 0. The van der Waals surface area contributed by atoms with Crippen molar-refractivity contribution >= 4 is 11.5 Å². The molecule has 3 rings (SSSR count). The monoisotopic (exact) mass is 228 g/mol. The first-order valence-electron chi connectivity index (χ1n) is 6.28. The minimum atomic E-state index is -0.254. The highest BCUT2D eigenvalue weighted by molar-refractivity contribution is 5.85. The zero-order valence-corrected chi connectivity index (χ0v) is 10.0. The summed E-state index contributed by atoms with van der Waals surface area (Å²) in [6.45, 7) is 1.44. The van der Waals surface area contributed by atoms with E-state index < -0.39 is 0 Å². The van der Waals surface area contributed by atoms with E-state index in [1.165, 1.54) is 49.3 Å². The van der Waals surface area contributed by atoms with E-state index in [4.69, 9.17) is 4.74 Å². The van der Waals surface area contributed by atoms with Gasteiger partial charge in [-0.25, -0.2) is 0 Å². The van der Waals surface area contributed by atoms with Gasteiger partial charge in [0.25, 0.3) is 0 Å². The van der Waals surface area contributed by atoms with Crippen molar-refractivity contribution in [3.8, 4) is 5.75 Å². The van der Waals surface area contributed by atoms with Crippen molar-refractivity contribution in [2.24, 2.45) is 0 Å². The van der Waals surface area contributed by atoms with Crippen molar-refractivity contribution in [1.29, 1.82) is 0 Å². The Bertz CT molecular complexity index is 500. The van der Waals surface area contributed by atoms with Gasteiger partial charge in [0.2, 0.25) is 0 Å². The first-order valence-corrected chi connectivity index (χ1v) is 6.28. The molecule has 2 aliphatic rings. The quantitative estimate of drug-likeness (QED) is 0.541. The van der Waals surface area contributed by atoms with E-state index in [0.717, 1.165) is 0 Å². The Labute approximate surface area is 101 Å². The summed E-state index contributed by atoms with van der Waals surface area (Å²) in [6.07, 6.45) is 7.42. The Kier molecular flexibility index (Phi) is 2.50. The van der Waals surface area contributed by atoms with Gasteiger partial charge in [-0.1, -0.05) is 18.6 Å². The number of esters is 1. The SMILES string of the molecule is CC(=O)Oc1ccc2c(c1)C1=CCCCC[C@H]12. The molecule has 0 N–H and O–H groups in total. The van der Waals surface area contributed by atoms with Crippen LogP contribution in [0.25, 0.3) is 5.57 Å². The van der Waals surface area contributed by atoms with E-state index in [-0.39, 0.29) is 5.97 Å². The molecule has 0 aromatic heterocycles. The minimum absolute atomic E-state index is 0.254. The van der Waals surface area contributed by atoms with Gasteiger partial charge in [0, 0.05) is 12.8 Å². The molecule has 0 unspecified atom stereocenters. The largest absolute Gasteiger partial charge is 0.427 e. The maximum Gasteiger partial charge on any atom is 0.308 e. The first kappa shape index (κ1) is 10.6. The lowest BCUT2D eigenvalue weighted by atomic mass is 9.71. The van der Waals surface area contributed by atoms with Crippen molar-refractivity contribution in [3.63, 3.8) is 0 Å². The van der Waals surface area contributed by atoms with Gasteiger partial charge in [0.05, 0.1) is 0 Å². The Morgan fingerprint density at radius 1 is 1.35 bits per heavy atom. The van der Waals surface area contributed by atoms with Crippen molar-refractivity contribution in [2.45, 2.75) is 38.5 Å². The van der Waals surface area contributed by atoms with E-state index in [2.05, 4.69) is 12.1 Å². The van der Waals surface area contributed by atoms with Crippen molar-refractivity contribution in [3.05, 3.63) is 35.4 Å². The van der Waals surface area contributed by atoms with Crippen LogP contribution in [-0.2, 0) is 4.79 Å². The van der Waals surface area contributed by atoms with E-state index in [9.17, 15) is 4.79 Å². The van der Waals surface area contributed by atoms with Crippen LogP contribution >= 0.6 is 0 Å². The van der Waals surface area contributed by atoms with Crippen LogP contribution in [0, 0.1) is 0 Å². The second kappa shape index (κ2) is 4.02. The molecule has 0 heterocycles. The molecule has 0 aliphatic heterocycles. The van der Waals surface area contributed by atoms with Gasteiger partial charge < -0.3 is 4.74 Å². The molecule has 1 atom stereocenters. The van der Waals surface area contributed by atoms with E-state index >= 15 is 0 Å². The van der Waals surface area contributed by atoms with Gasteiger partial charge >= 0.3 is 5.97 Å². The van der Waals surface area contributed by atoms with Crippen LogP contribution in [0.1, 0.15) is 49.7 Å². The summed E-state index contributed by atoms with van der Waals surface area (Å²) in [7, 11) is 0. The fourth-order valence-corrected chi connectivity index (χ4v) is 2.91. The maximum absolute atomic E-state index is 10.9. The van der Waals surface area contributed by atoms with Crippen molar-refractivity contribution < 1.29 is 9.53 Å². The number of carbonyl (C=O) groups excluding carboxylic acids is 1. The van der Waals surface area contributed by atoms with E-state index in [0.29, 0.717) is 11.7 Å². The van der Waals surface area contributed by atoms with Crippen LogP contribution < -0.4 is 4.74 Å². The predicted molar refractivity (Wildman–Crippen MR) is 66.9 cm³/mol. The number of allylic oxidation sites excluding steroid dienone is 2. The lowest BCUT2D eigenvalue weighted by Crippen LogP contribution is -2.15. The Hall–Kier alpha value is -1.57. The van der Waals surface area contributed by atoms with Gasteiger partial charge in [-0.05, 0) is 48.1 Å². The molecule has 1 aromatic rings. The van der Waals surface area contributed by atoms with E-state index in [1.54, 1.807) is 0 Å². The standard InChI is InChI=1S/C15H16O2/c1-10(16)17-11-7-8-14-12-5-3-2-4-6-13(12)15(14)9-11/h6-9,12H,2-5H2,1H3/t12-/m1/s1. The van der Waals surface area contributed by atoms with Crippen molar-refractivity contribution in [1.82, 2.24) is 0 Å². The number of hydrogen-bond acceptors (Lipinski definition) is 2. The predicted octanol–water partition coefficient (Wildman–Crippen LogP) is 3.67. The molecule has 2 aliphatic carbocycles. The zero-order chi connectivity index (χ0) is 11.8. The lowest BCUT2D eigenvalue weighted by Gasteiger charge is -2.33. The molecule has 1 aromatic carbocycles. The first-order chi connectivity index (χ1) is 8.25. The molecule has 88 valence electrons. The molecule has 0 radical (unpaired) electrons. The topological polar surface area (TPSA) is 26.3 Å². The third-order valence-electron chi connectivity index (χ3n) is 3.66. The summed E-state index contributed by atoms with van der Waals surface area (Å²) >= 11 is 0. The second-order valence-corrected chi connectivity index (χ2v) is 4.84. The van der Waals surface area contributed by atoms with Gasteiger partial charge in [0.1, 0.15) is 5.75 Å². The highest BCUT2D eigenvalue weighted by atomic mass is 16.5. The van der Waals surface area contributed by atoms with Crippen LogP contribution in [0.15, 0.2) is 24.3 Å². The third-order valence-corrected chi connectivity index (χ3v) is 3.66. The average molecular weight is 228 g/mol. The number of fused-ring (bicyclic) bond motifs is 4. The lowest BCUT2D eigenvalue weighted by molar-refractivity contribution is -0.131. The number of rotatable bonds is 1. The van der Waals surface area contributed by atoms with E-state index in [1.807, 2.05) is 12.1 Å². The maximum atomic E-state index is 10.9. The summed E-state index contributed by atoms with van der Waals surface area (Å²) in [5.41, 5.74) is 4.18. The molecule has 0 saturated heterocycles.